The number of benzene rings is 1. The molecule has 1 heterocycles. The number of hydrogen-bond acceptors (Lipinski definition) is 4. The first kappa shape index (κ1) is 23.1. The van der Waals surface area contributed by atoms with Gasteiger partial charge in [-0.3, -0.25) is 0 Å². The van der Waals surface area contributed by atoms with E-state index in [9.17, 15) is 4.79 Å². The molecule has 0 fully saturated rings. The molecule has 156 valence electrons. The summed E-state index contributed by atoms with van der Waals surface area (Å²) in [6, 6.07) is 5.94. The van der Waals surface area contributed by atoms with Crippen LogP contribution in [0.3, 0.4) is 0 Å². The topological polar surface area (TPSA) is 44.8 Å². The number of carbonyl (C=O) groups is 1. The Morgan fingerprint density at radius 2 is 1.57 bits per heavy atom. The first-order chi connectivity index (χ1) is 13.6. The number of hydrogen-bond donors (Lipinski definition) is 0. The van der Waals surface area contributed by atoms with E-state index in [2.05, 4.69) is 26.8 Å². The van der Waals surface area contributed by atoms with Crippen molar-refractivity contribution in [1.82, 2.24) is 0 Å². The Morgan fingerprint density at radius 3 is 2.11 bits per heavy atom. The van der Waals surface area contributed by atoms with Crippen LogP contribution < -0.4 is 9.47 Å². The third-order valence-corrected chi connectivity index (χ3v) is 21.2. The molecule has 0 saturated carbocycles. The number of methoxy groups -OCH3 is 1. The van der Waals surface area contributed by atoms with Crippen molar-refractivity contribution in [3.05, 3.63) is 27.4 Å². The van der Waals surface area contributed by atoms with Gasteiger partial charge in [0.2, 0.25) is 0 Å². The van der Waals surface area contributed by atoms with E-state index in [4.69, 9.17) is 14.2 Å². The molecule has 0 bridgehead atoms. The third-order valence-electron chi connectivity index (χ3n) is 5.71. The van der Waals surface area contributed by atoms with Crippen LogP contribution in [0.5, 0.6) is 11.5 Å². The van der Waals surface area contributed by atoms with Crippen LogP contribution in [0.15, 0.2) is 21.8 Å². The number of ether oxygens (including phenoxy) is 3. The summed E-state index contributed by atoms with van der Waals surface area (Å²) in [6.45, 7) is 7.00. The molecule has 4 nitrogen and oxygen atoms in total. The second-order valence-corrected chi connectivity index (χ2v) is 20.9. The van der Waals surface area contributed by atoms with Crippen molar-refractivity contribution in [2.24, 2.45) is 0 Å². The molecular weight excluding hydrogens is 459 g/mol. The van der Waals surface area contributed by atoms with Crippen LogP contribution in [0.1, 0.15) is 64.9 Å². The molecule has 0 spiro atoms. The first-order valence-electron chi connectivity index (χ1n) is 10.8. The fraction of sp³-hybridized carbons (Fsp3) is 0.609. The van der Waals surface area contributed by atoms with Crippen molar-refractivity contribution in [3.63, 3.8) is 0 Å². The molecular formula is C23H36O4Sn. The fourth-order valence-corrected chi connectivity index (χ4v) is 20.2. The van der Waals surface area contributed by atoms with Gasteiger partial charge in [0, 0.05) is 0 Å². The van der Waals surface area contributed by atoms with Gasteiger partial charge in [-0.25, -0.2) is 0 Å². The average molecular weight is 495 g/mol. The predicted molar refractivity (Wildman–Crippen MR) is 117 cm³/mol. The molecule has 0 unspecified atom stereocenters. The maximum absolute atomic E-state index is 13.0. The van der Waals surface area contributed by atoms with Crippen LogP contribution >= 0.6 is 0 Å². The average Bonchev–Trinajstić information content (AvgIpc) is 3.19. The SMILES string of the molecule is CCC[CH2][Sn]([CH2]CCC)([CH2]CCC)/[C](=C/c1ccc2c(c1)OCO2)C(=O)OC. The van der Waals surface area contributed by atoms with Crippen molar-refractivity contribution < 1.29 is 19.0 Å². The number of carbonyl (C=O) groups excluding carboxylic acids is 1. The minimum absolute atomic E-state index is 0.114. The second kappa shape index (κ2) is 11.7. The van der Waals surface area contributed by atoms with Crippen molar-refractivity contribution in [2.45, 2.75) is 72.6 Å². The molecule has 1 aromatic rings. The molecule has 0 aromatic heterocycles. The van der Waals surface area contributed by atoms with E-state index in [1.165, 1.54) is 58.9 Å². The van der Waals surface area contributed by atoms with Crippen molar-refractivity contribution in [1.29, 1.82) is 0 Å². The van der Waals surface area contributed by atoms with E-state index >= 15 is 0 Å². The molecule has 1 aliphatic heterocycles. The van der Waals surface area contributed by atoms with E-state index in [0.29, 0.717) is 0 Å². The summed E-state index contributed by atoms with van der Waals surface area (Å²) >= 11 is -2.90. The van der Waals surface area contributed by atoms with Crippen LogP contribution in [0.25, 0.3) is 6.08 Å². The van der Waals surface area contributed by atoms with E-state index in [1.54, 1.807) is 0 Å². The van der Waals surface area contributed by atoms with Gasteiger partial charge in [-0.2, -0.15) is 0 Å². The summed E-state index contributed by atoms with van der Waals surface area (Å²) in [5, 5.41) is 0. The molecule has 0 radical (unpaired) electrons. The summed E-state index contributed by atoms with van der Waals surface area (Å²) in [4.78, 5) is 13.0. The number of esters is 1. The van der Waals surface area contributed by atoms with Gasteiger partial charge >= 0.3 is 175 Å². The summed E-state index contributed by atoms with van der Waals surface area (Å²) < 4.78 is 21.0. The second-order valence-electron chi connectivity index (χ2n) is 7.75. The normalized spacial score (nSPS) is 13.6. The van der Waals surface area contributed by atoms with Gasteiger partial charge in [-0.1, -0.05) is 0 Å². The van der Waals surface area contributed by atoms with Crippen LogP contribution in [0.2, 0.25) is 13.3 Å². The van der Waals surface area contributed by atoms with Crippen molar-refractivity contribution in [3.8, 4) is 11.5 Å². The zero-order valence-corrected chi connectivity index (χ0v) is 20.9. The Labute approximate surface area is 174 Å². The van der Waals surface area contributed by atoms with Gasteiger partial charge in [0.05, 0.1) is 0 Å². The summed E-state index contributed by atoms with van der Waals surface area (Å²) in [6.07, 6.45) is 9.27. The molecule has 1 aliphatic rings. The minimum atomic E-state index is -2.90. The Kier molecular flexibility index (Phi) is 9.69. The van der Waals surface area contributed by atoms with E-state index < -0.39 is 18.4 Å². The van der Waals surface area contributed by atoms with Gasteiger partial charge in [0.15, 0.2) is 0 Å². The summed E-state index contributed by atoms with van der Waals surface area (Å²) in [5.41, 5.74) is 1.01. The van der Waals surface area contributed by atoms with Crippen molar-refractivity contribution >= 4 is 30.4 Å². The first-order valence-corrected chi connectivity index (χ1v) is 18.3. The quantitative estimate of drug-likeness (QED) is 0.192. The molecule has 28 heavy (non-hydrogen) atoms. The zero-order chi connectivity index (χ0) is 20.4. The van der Waals surface area contributed by atoms with Gasteiger partial charge in [0.25, 0.3) is 0 Å². The molecule has 1 aromatic carbocycles. The number of fused-ring (bicyclic) bond motifs is 1. The van der Waals surface area contributed by atoms with E-state index in [1.807, 2.05) is 18.2 Å². The van der Waals surface area contributed by atoms with E-state index in [-0.39, 0.29) is 12.8 Å². The van der Waals surface area contributed by atoms with Gasteiger partial charge in [-0.15, -0.1) is 0 Å². The molecule has 2 rings (SSSR count). The van der Waals surface area contributed by atoms with E-state index in [0.717, 1.165) is 20.7 Å². The maximum atomic E-state index is 13.0. The van der Waals surface area contributed by atoms with Crippen LogP contribution in [0, 0.1) is 0 Å². The molecule has 0 N–H and O–H groups in total. The van der Waals surface area contributed by atoms with Gasteiger partial charge < -0.3 is 0 Å². The Balaban J connectivity index is 2.49. The zero-order valence-electron chi connectivity index (χ0n) is 18.0. The Bertz CT molecular complexity index is 647. The summed E-state index contributed by atoms with van der Waals surface area (Å²) in [5.74, 6) is 1.42. The molecule has 0 saturated heterocycles. The standard InChI is InChI=1S/C11H9O4.3C4H9.Sn/c1-13-11(12)5-3-8-2-4-9-10(6-8)15-7-14-9;3*1-3-4-2;/h2-4,6H,7H2,1H3;3*1,3-4H2,2H3;. The van der Waals surface area contributed by atoms with Crippen LogP contribution in [-0.2, 0) is 9.53 Å². The van der Waals surface area contributed by atoms with Gasteiger partial charge in [0.1, 0.15) is 0 Å². The van der Waals surface area contributed by atoms with Crippen LogP contribution in [-0.4, -0.2) is 38.2 Å². The fourth-order valence-electron chi connectivity index (χ4n) is 4.03. The van der Waals surface area contributed by atoms with Crippen molar-refractivity contribution in [2.75, 3.05) is 13.9 Å². The number of unbranched alkanes of at least 4 members (excludes halogenated alkanes) is 3. The molecule has 0 atom stereocenters. The summed E-state index contributed by atoms with van der Waals surface area (Å²) in [7, 11) is 1.52. The number of rotatable bonds is 12. The van der Waals surface area contributed by atoms with Crippen LogP contribution in [0.4, 0.5) is 0 Å². The third kappa shape index (κ3) is 5.91. The predicted octanol–water partition coefficient (Wildman–Crippen LogP) is 6.36. The monoisotopic (exact) mass is 496 g/mol. The Morgan fingerprint density at radius 1 is 1.00 bits per heavy atom. The Hall–Kier alpha value is -1.17. The molecule has 0 amide bonds. The van der Waals surface area contributed by atoms with Gasteiger partial charge in [-0.05, 0) is 0 Å². The molecule has 5 heteroatoms. The molecule has 0 aliphatic carbocycles.